The Labute approximate surface area is 201 Å². The highest BCUT2D eigenvalue weighted by atomic mass is 35.5. The van der Waals surface area contributed by atoms with Crippen molar-refractivity contribution in [3.63, 3.8) is 0 Å². The predicted molar refractivity (Wildman–Crippen MR) is 136 cm³/mol. The highest BCUT2D eigenvalue weighted by Crippen LogP contribution is 2.34. The molecule has 4 aromatic rings. The third kappa shape index (κ3) is 5.68. The Kier molecular flexibility index (Phi) is 7.45. The first-order valence-electron chi connectivity index (χ1n) is 10.4. The standard InChI is InChI=1S/C25H24ClN3OS2/c1-17-7-9-21(10-8-17)31-12-4-6-23(30)29(16-19-5-3-11-27-15-19)25-28-24-18(2)13-20(26)14-22(24)32-25/h3,5,7-11,13-15H,4,6,12,16H2,1-2H3. The second-order valence-corrected chi connectivity index (χ2v) is 10.3. The summed E-state index contributed by atoms with van der Waals surface area (Å²) in [4.78, 5) is 25.3. The van der Waals surface area contributed by atoms with E-state index >= 15 is 0 Å². The van der Waals surface area contributed by atoms with Crippen LogP contribution in [0.1, 0.15) is 29.5 Å². The molecule has 32 heavy (non-hydrogen) atoms. The number of hydrogen-bond acceptors (Lipinski definition) is 5. The summed E-state index contributed by atoms with van der Waals surface area (Å²) in [5.41, 5.74) is 4.14. The van der Waals surface area contributed by atoms with Gasteiger partial charge in [0.05, 0.1) is 16.8 Å². The van der Waals surface area contributed by atoms with Crippen molar-refractivity contribution in [3.05, 3.63) is 82.6 Å². The van der Waals surface area contributed by atoms with E-state index in [1.54, 1.807) is 29.1 Å². The number of benzene rings is 2. The van der Waals surface area contributed by atoms with Gasteiger partial charge in [0.25, 0.3) is 0 Å². The number of halogens is 1. The zero-order valence-electron chi connectivity index (χ0n) is 18.0. The monoisotopic (exact) mass is 481 g/mol. The third-order valence-electron chi connectivity index (χ3n) is 5.06. The Morgan fingerprint density at radius 2 is 1.97 bits per heavy atom. The molecule has 2 aromatic heterocycles. The lowest BCUT2D eigenvalue weighted by Crippen LogP contribution is -2.30. The highest BCUT2D eigenvalue weighted by Gasteiger charge is 2.21. The van der Waals surface area contributed by atoms with E-state index in [9.17, 15) is 4.79 Å². The summed E-state index contributed by atoms with van der Waals surface area (Å²) in [5.74, 6) is 0.963. The molecule has 0 bridgehead atoms. The molecule has 0 aliphatic rings. The maximum absolute atomic E-state index is 13.3. The summed E-state index contributed by atoms with van der Waals surface area (Å²) >= 11 is 9.52. The average molecular weight is 482 g/mol. The van der Waals surface area contributed by atoms with E-state index in [2.05, 4.69) is 36.2 Å². The molecule has 0 atom stereocenters. The molecular formula is C25H24ClN3OS2. The van der Waals surface area contributed by atoms with Crippen molar-refractivity contribution in [1.29, 1.82) is 0 Å². The Morgan fingerprint density at radius 3 is 2.72 bits per heavy atom. The summed E-state index contributed by atoms with van der Waals surface area (Å²) in [6.45, 7) is 4.53. The van der Waals surface area contributed by atoms with Gasteiger partial charge in [0, 0.05) is 28.7 Å². The van der Waals surface area contributed by atoms with Crippen molar-refractivity contribution < 1.29 is 4.79 Å². The van der Waals surface area contributed by atoms with Crippen LogP contribution in [0.25, 0.3) is 10.2 Å². The van der Waals surface area contributed by atoms with E-state index in [4.69, 9.17) is 16.6 Å². The Morgan fingerprint density at radius 1 is 1.16 bits per heavy atom. The highest BCUT2D eigenvalue weighted by molar-refractivity contribution is 7.99. The van der Waals surface area contributed by atoms with Crippen LogP contribution in [0.15, 0.2) is 65.8 Å². The summed E-state index contributed by atoms with van der Waals surface area (Å²) in [7, 11) is 0. The van der Waals surface area contributed by atoms with Crippen LogP contribution >= 0.6 is 34.7 Å². The van der Waals surface area contributed by atoms with E-state index in [1.807, 2.05) is 31.2 Å². The lowest BCUT2D eigenvalue weighted by Gasteiger charge is -2.20. The van der Waals surface area contributed by atoms with Crippen molar-refractivity contribution >= 4 is 56.0 Å². The Hall–Kier alpha value is -2.41. The van der Waals surface area contributed by atoms with E-state index < -0.39 is 0 Å². The van der Waals surface area contributed by atoms with Crippen LogP contribution in [0.2, 0.25) is 5.02 Å². The molecule has 2 heterocycles. The second-order valence-electron chi connectivity index (χ2n) is 7.67. The van der Waals surface area contributed by atoms with Gasteiger partial charge in [-0.15, -0.1) is 11.8 Å². The molecule has 0 fully saturated rings. The molecular weight excluding hydrogens is 458 g/mol. The van der Waals surface area contributed by atoms with Gasteiger partial charge in [0.2, 0.25) is 5.91 Å². The molecule has 1 amide bonds. The molecule has 164 valence electrons. The minimum atomic E-state index is 0.0705. The number of amides is 1. The molecule has 7 heteroatoms. The van der Waals surface area contributed by atoms with Gasteiger partial charge < -0.3 is 0 Å². The first-order chi connectivity index (χ1) is 15.5. The number of aromatic nitrogens is 2. The first-order valence-corrected chi connectivity index (χ1v) is 12.6. The molecule has 0 spiro atoms. The fourth-order valence-electron chi connectivity index (χ4n) is 3.38. The number of thiazole rings is 1. The molecule has 2 aromatic carbocycles. The van der Waals surface area contributed by atoms with Gasteiger partial charge in [0.15, 0.2) is 5.13 Å². The third-order valence-corrected chi connectivity index (χ3v) is 7.40. The molecule has 0 saturated carbocycles. The number of fused-ring (bicyclic) bond motifs is 1. The van der Waals surface area contributed by atoms with E-state index in [-0.39, 0.29) is 5.91 Å². The number of pyridine rings is 1. The van der Waals surface area contributed by atoms with Crippen LogP contribution in [-0.4, -0.2) is 21.6 Å². The lowest BCUT2D eigenvalue weighted by molar-refractivity contribution is -0.118. The minimum absolute atomic E-state index is 0.0705. The predicted octanol–water partition coefficient (Wildman–Crippen LogP) is 7.07. The number of nitrogens with zero attached hydrogens (tertiary/aromatic N) is 3. The van der Waals surface area contributed by atoms with Crippen LogP contribution in [0, 0.1) is 13.8 Å². The van der Waals surface area contributed by atoms with Crippen molar-refractivity contribution in [2.75, 3.05) is 10.7 Å². The topological polar surface area (TPSA) is 46.1 Å². The van der Waals surface area contributed by atoms with E-state index in [1.165, 1.54) is 21.8 Å². The van der Waals surface area contributed by atoms with Crippen molar-refractivity contribution in [3.8, 4) is 0 Å². The number of carbonyl (C=O) groups excluding carboxylic acids is 1. The fourth-order valence-corrected chi connectivity index (χ4v) is 5.67. The van der Waals surface area contributed by atoms with Crippen LogP contribution < -0.4 is 4.90 Å². The van der Waals surface area contributed by atoms with E-state index in [0.29, 0.717) is 23.1 Å². The van der Waals surface area contributed by atoms with Crippen LogP contribution in [-0.2, 0) is 11.3 Å². The smallest absolute Gasteiger partial charge is 0.229 e. The minimum Gasteiger partial charge on any atom is -0.284 e. The van der Waals surface area contributed by atoms with Gasteiger partial charge in [-0.05, 0) is 67.5 Å². The van der Waals surface area contributed by atoms with Crippen LogP contribution in [0.4, 0.5) is 5.13 Å². The molecule has 0 N–H and O–H groups in total. The van der Waals surface area contributed by atoms with Gasteiger partial charge in [0.1, 0.15) is 0 Å². The lowest BCUT2D eigenvalue weighted by atomic mass is 10.2. The van der Waals surface area contributed by atoms with Crippen molar-refractivity contribution in [1.82, 2.24) is 9.97 Å². The SMILES string of the molecule is Cc1ccc(SCCCC(=O)N(Cc2cccnc2)c2nc3c(C)cc(Cl)cc3s2)cc1. The Bertz CT molecular complexity index is 1210. The summed E-state index contributed by atoms with van der Waals surface area (Å²) in [6, 6.07) is 16.2. The summed E-state index contributed by atoms with van der Waals surface area (Å²) in [6.07, 6.45) is 4.80. The number of thioether (sulfide) groups is 1. The molecule has 0 aliphatic carbocycles. The summed E-state index contributed by atoms with van der Waals surface area (Å²) in [5, 5.41) is 1.38. The van der Waals surface area contributed by atoms with Gasteiger partial charge in [-0.3, -0.25) is 14.7 Å². The number of carbonyl (C=O) groups is 1. The molecule has 0 unspecified atom stereocenters. The Balaban J connectivity index is 1.49. The number of hydrogen-bond donors (Lipinski definition) is 0. The largest absolute Gasteiger partial charge is 0.284 e. The second kappa shape index (κ2) is 10.5. The van der Waals surface area contributed by atoms with Gasteiger partial charge in [-0.1, -0.05) is 46.7 Å². The van der Waals surface area contributed by atoms with Gasteiger partial charge >= 0.3 is 0 Å². The normalized spacial score (nSPS) is 11.1. The number of anilines is 1. The first kappa shape index (κ1) is 22.8. The van der Waals surface area contributed by atoms with Crippen molar-refractivity contribution in [2.24, 2.45) is 0 Å². The van der Waals surface area contributed by atoms with E-state index in [0.717, 1.165) is 33.5 Å². The number of aryl methyl sites for hydroxylation is 2. The number of rotatable bonds is 8. The molecule has 0 aliphatic heterocycles. The van der Waals surface area contributed by atoms with Crippen LogP contribution in [0.3, 0.4) is 0 Å². The molecule has 0 saturated heterocycles. The quantitative estimate of drug-likeness (QED) is 0.199. The maximum atomic E-state index is 13.3. The molecule has 0 radical (unpaired) electrons. The summed E-state index contributed by atoms with van der Waals surface area (Å²) < 4.78 is 0.990. The fraction of sp³-hybridized carbons (Fsp3) is 0.240. The van der Waals surface area contributed by atoms with Gasteiger partial charge in [-0.2, -0.15) is 0 Å². The van der Waals surface area contributed by atoms with Crippen molar-refractivity contribution in [2.45, 2.75) is 38.1 Å². The average Bonchev–Trinajstić information content (AvgIpc) is 3.21. The maximum Gasteiger partial charge on any atom is 0.229 e. The van der Waals surface area contributed by atoms with Crippen LogP contribution in [0.5, 0.6) is 0 Å². The molecule has 4 rings (SSSR count). The zero-order valence-corrected chi connectivity index (χ0v) is 20.4. The zero-order chi connectivity index (χ0) is 22.5. The molecule has 4 nitrogen and oxygen atoms in total. The van der Waals surface area contributed by atoms with Gasteiger partial charge in [-0.25, -0.2) is 4.98 Å².